The van der Waals surface area contributed by atoms with E-state index in [1.807, 2.05) is 181 Å². The third-order valence-electron chi connectivity index (χ3n) is 24.4. The molecule has 6 amide bonds. The molecule has 6 aromatic heterocycles. The lowest BCUT2D eigenvalue weighted by Crippen LogP contribution is -2.58. The number of aliphatic carboxylic acids is 1. The highest BCUT2D eigenvalue weighted by atomic mass is 127. The minimum Gasteiger partial charge on any atom is -0.479 e. The molecule has 3 aliphatic heterocycles. The molecular formula is C113H108IN15O17S. The monoisotopic (exact) mass is 2110 g/mol. The Labute approximate surface area is 862 Å². The Hall–Kier alpha value is -16.8. The second-order valence-corrected chi connectivity index (χ2v) is 37.3. The van der Waals surface area contributed by atoms with Gasteiger partial charge < -0.3 is 55.8 Å². The Bertz CT molecular complexity index is 7450. The Morgan fingerprint density at radius 2 is 1.10 bits per heavy atom. The van der Waals surface area contributed by atoms with Gasteiger partial charge in [0.15, 0.2) is 11.5 Å². The fourth-order valence-electron chi connectivity index (χ4n) is 17.1. The van der Waals surface area contributed by atoms with E-state index in [0.717, 1.165) is 69.0 Å². The second-order valence-electron chi connectivity index (χ2n) is 34.6. The predicted molar refractivity (Wildman–Crippen MR) is 570 cm³/mol. The van der Waals surface area contributed by atoms with E-state index in [1.54, 1.807) is 159 Å². The average molecular weight is 2110 g/mol. The average Bonchev–Trinajstić information content (AvgIpc) is 1.69. The molecule has 15 aromatic rings. The van der Waals surface area contributed by atoms with Crippen LogP contribution in [0.2, 0.25) is 0 Å². The largest absolute Gasteiger partial charge is 0.479 e. The lowest BCUT2D eigenvalue weighted by molar-refractivity contribution is -0.138. The van der Waals surface area contributed by atoms with Crippen molar-refractivity contribution < 1.29 is 70.9 Å². The van der Waals surface area contributed by atoms with E-state index < -0.39 is 69.5 Å². The minimum atomic E-state index is -3.64. The van der Waals surface area contributed by atoms with Crippen LogP contribution in [-0.4, -0.2) is 167 Å². The summed E-state index contributed by atoms with van der Waals surface area (Å²) in [5.74, 6) is -4.75. The maximum Gasteiger partial charge on any atom is 0.348 e. The normalized spacial score (nSPS) is 13.6. The fraction of sp³-hybridized carbons (Fsp3) is 0.195. The van der Waals surface area contributed by atoms with Crippen LogP contribution in [0.15, 0.2) is 342 Å². The third kappa shape index (κ3) is 28.6. The number of primary amides is 1. The van der Waals surface area contributed by atoms with Gasteiger partial charge in [0, 0.05) is 124 Å². The number of imide groups is 1. The molecule has 0 radical (unpaired) electrons. The topological polar surface area (TPSA) is 450 Å². The zero-order valence-electron chi connectivity index (χ0n) is 81.5. The molecule has 8 N–H and O–H groups in total. The standard InChI is InChI=1S/C28H22N2O2.C24H21N3O4.C18H19IN4O3.C18H22N4O3S.C15H15NO3.C10H9NO2/c1-18-23(14-19-6-5-13-29-17-19)25(20-7-3-2-4-8-20)16-27-24(18)15-26(30-27)21-9-11-22(12-10-21)28(31)32;1-14-11-19-20(15(2)18(14)12-16-7-6-10-25-13-16)23(30)31-24(26-19)27-21(22(28)29)17-8-4-3-5-9-17;19-10-15(24)23-16(13-6-2-1-3-7-13)18(26)22-14(17(20)25)9-12-5-4-8-21-11-12;1-21-10-11-22(26(24,25)14-15-6-5-9-19-12-15)17(13-21)18(23)20-16-7-3-2-4-8-16;1-10-9-13(17)14(15(18)19-3)11(2)16(10)12-7-5-4-6-8-12;12-9-6-7-10(13)11(9)8-4-2-1-3-5-8/h2-13,16-17H,14-15H2,1H3,(H,31,32);3-11,13,21H,12H2,1-2H3,(H,26,27)(H,28,29);1-8,11,14,16H,9-10H2,(H2,20,25)(H,22,26)(H,23,24);2-9,12,17H,10-11,13-14H2,1H3,(H,20,23);4-9H,1-3H3;1-5H,6-7H2. The highest BCUT2D eigenvalue weighted by Gasteiger charge is 2.40. The number of aromatic carboxylic acids is 1. The van der Waals surface area contributed by atoms with Crippen LogP contribution in [0.1, 0.15) is 129 Å². The maximum atomic E-state index is 12.9. The number of pyridine rings is 5. The number of nitrogens with two attached hydrogens (primary N) is 1. The number of fused-ring (bicyclic) bond motifs is 2. The van der Waals surface area contributed by atoms with Crippen LogP contribution in [0, 0.1) is 34.6 Å². The molecule has 2 saturated heterocycles. The zero-order chi connectivity index (χ0) is 105. The van der Waals surface area contributed by atoms with Crippen molar-refractivity contribution in [2.24, 2.45) is 10.7 Å². The molecule has 18 rings (SSSR count). The lowest BCUT2D eigenvalue weighted by atomic mass is 9.87. The molecule has 34 heteroatoms. The molecule has 0 aliphatic carbocycles. The molecule has 4 unspecified atom stereocenters. The number of carboxylic acid groups (broad SMARTS) is 2. The van der Waals surface area contributed by atoms with E-state index in [-0.39, 0.29) is 69.3 Å². The van der Waals surface area contributed by atoms with Crippen LogP contribution in [0.4, 0.5) is 23.1 Å². The number of hydrogen-bond acceptors (Lipinski definition) is 23. The number of carbonyl (C=O) groups excluding carboxylic acids is 7. The van der Waals surface area contributed by atoms with Gasteiger partial charge in [0.2, 0.25) is 45.5 Å². The number of rotatable bonds is 27. The van der Waals surface area contributed by atoms with Gasteiger partial charge in [0.05, 0.1) is 50.8 Å². The van der Waals surface area contributed by atoms with Gasteiger partial charge in [-0.05, 0) is 223 Å². The fourth-order valence-corrected chi connectivity index (χ4v) is 18.9. The van der Waals surface area contributed by atoms with Gasteiger partial charge in [-0.25, -0.2) is 27.6 Å². The number of benzene rings is 9. The summed E-state index contributed by atoms with van der Waals surface area (Å²) < 4.78 is 39.3. The number of likely N-dealkylation sites (N-methyl/N-ethyl adjacent to an activating group) is 1. The first-order chi connectivity index (χ1) is 70.8. The number of aromatic nitrogens is 6. The molecule has 9 aromatic carbocycles. The van der Waals surface area contributed by atoms with E-state index in [0.29, 0.717) is 77.0 Å². The van der Waals surface area contributed by atoms with Crippen molar-refractivity contribution in [3.8, 4) is 16.8 Å². The summed E-state index contributed by atoms with van der Waals surface area (Å²) in [4.78, 5) is 160. The highest BCUT2D eigenvalue weighted by molar-refractivity contribution is 14.1. The van der Waals surface area contributed by atoms with Gasteiger partial charge in [-0.1, -0.05) is 205 Å². The molecule has 2 fully saturated rings. The summed E-state index contributed by atoms with van der Waals surface area (Å²) in [6, 6.07) is 79.1. The number of halogens is 1. The number of hydrogen-bond donors (Lipinski definition) is 7. The number of carbonyl (C=O) groups is 9. The van der Waals surface area contributed by atoms with Crippen LogP contribution in [0.3, 0.4) is 0 Å². The zero-order valence-corrected chi connectivity index (χ0v) is 84.5. The number of piperazine rings is 1. The van der Waals surface area contributed by atoms with E-state index >= 15 is 0 Å². The first-order valence-electron chi connectivity index (χ1n) is 46.8. The highest BCUT2D eigenvalue weighted by Crippen LogP contribution is 2.41. The number of sulfonamides is 1. The van der Waals surface area contributed by atoms with Gasteiger partial charge in [-0.3, -0.25) is 63.4 Å². The third-order valence-corrected chi connectivity index (χ3v) is 27.0. The summed E-state index contributed by atoms with van der Waals surface area (Å²) in [6.07, 6.45) is 16.7. The molecule has 147 heavy (non-hydrogen) atoms. The number of carboxylic acids is 2. The van der Waals surface area contributed by atoms with Gasteiger partial charge in [0.25, 0.3) is 6.01 Å². The molecule has 0 bridgehead atoms. The number of amides is 6. The quantitative estimate of drug-likeness (QED) is 0.0109. The number of aliphatic imine (C=N–C) groups is 1. The minimum absolute atomic E-state index is 0.0805. The molecule has 32 nitrogen and oxygen atoms in total. The van der Waals surface area contributed by atoms with Crippen molar-refractivity contribution in [3.63, 3.8) is 0 Å². The van der Waals surface area contributed by atoms with Crippen molar-refractivity contribution in [2.75, 3.05) is 53.8 Å². The number of nitrogens with one attached hydrogen (secondary N) is 4. The summed E-state index contributed by atoms with van der Waals surface area (Å²) in [5, 5.41) is 30.0. The number of aryl methyl sites for hydroxylation is 3. The van der Waals surface area contributed by atoms with Crippen molar-refractivity contribution in [3.05, 3.63) is 438 Å². The summed E-state index contributed by atoms with van der Waals surface area (Å²) in [6.45, 7) is 10.8. The van der Waals surface area contributed by atoms with Gasteiger partial charge in [-0.15, -0.1) is 0 Å². The Morgan fingerprint density at radius 1 is 0.578 bits per heavy atom. The summed E-state index contributed by atoms with van der Waals surface area (Å²) in [7, 11) is -0.486. The number of anilines is 3. The van der Waals surface area contributed by atoms with Crippen molar-refractivity contribution in [1.82, 2.24) is 49.3 Å². The van der Waals surface area contributed by atoms with Crippen LogP contribution in [-0.2, 0) is 79.8 Å². The van der Waals surface area contributed by atoms with Crippen molar-refractivity contribution in [1.29, 1.82) is 0 Å². The predicted octanol–water partition coefficient (Wildman–Crippen LogP) is 15.7. The van der Waals surface area contributed by atoms with Crippen molar-refractivity contribution in [2.45, 2.75) is 103 Å². The van der Waals surface area contributed by atoms with Crippen LogP contribution in [0.5, 0.6) is 0 Å². The van der Waals surface area contributed by atoms with Gasteiger partial charge >= 0.3 is 23.5 Å². The van der Waals surface area contributed by atoms with Gasteiger partial charge in [-0.2, -0.15) is 9.29 Å². The summed E-state index contributed by atoms with van der Waals surface area (Å²) >= 11 is 1.92. The van der Waals surface area contributed by atoms with E-state index in [4.69, 9.17) is 15.1 Å². The number of esters is 1. The Kier molecular flexibility index (Phi) is 37.6. The molecule has 0 spiro atoms. The molecule has 0 saturated carbocycles. The second kappa shape index (κ2) is 51.4. The number of methoxy groups -OCH3 is 1. The first kappa shape index (κ1) is 107. The smallest absolute Gasteiger partial charge is 0.348 e. The van der Waals surface area contributed by atoms with Crippen molar-refractivity contribution >= 4 is 126 Å². The van der Waals surface area contributed by atoms with Crippen LogP contribution >= 0.6 is 22.6 Å². The first-order valence-corrected chi connectivity index (χ1v) is 50.0. The van der Waals surface area contributed by atoms with Gasteiger partial charge in [0.1, 0.15) is 23.7 Å². The molecule has 9 heterocycles. The maximum absolute atomic E-state index is 12.9. The Balaban J connectivity index is 0.000000150. The van der Waals surface area contributed by atoms with E-state index in [1.165, 1.54) is 62.0 Å². The lowest BCUT2D eigenvalue weighted by Gasteiger charge is -2.38. The van der Waals surface area contributed by atoms with Crippen LogP contribution in [0.25, 0.3) is 27.7 Å². The number of ether oxygens (including phenoxy) is 1. The summed E-state index contributed by atoms with van der Waals surface area (Å²) in [5.41, 5.74) is 25.6. The molecule has 4 atom stereocenters. The SMILES string of the molecule is CN1CCN(S(=O)(=O)Cc2cccnc2)C(C(=O)Nc2ccccc2)C1.COC(=O)c1c(C)n(-c2ccccc2)c(C)cc1=O.Cc1c2c(cc(-c3ccccc3)c1Cc1cccnc1)N=C(c1ccc(C(=O)O)cc1)C2.Cc1cc2nc(NC(C(=O)O)c3ccccc3)oc(=O)c2c(C)c1Cc1cccnc1.NC(=O)C(Cc1cccnc1)NC(=O)C(NC(=O)CI)c1ccccc1.O=C1CCC(=O)N1c1ccccc1. The number of alkyl halides is 1. The molecule has 3 aliphatic rings. The Morgan fingerprint density at radius 3 is 1.63 bits per heavy atom. The number of para-hydroxylation sites is 3. The van der Waals surface area contributed by atoms with E-state index in [2.05, 4.69) is 94.2 Å². The molecule has 750 valence electrons. The number of nitrogens with zero attached hydrogens (tertiary/aromatic N) is 10. The van der Waals surface area contributed by atoms with E-state index in [9.17, 15) is 71.4 Å². The molecular weight excluding hydrogens is 2000 g/mol. The van der Waals surface area contributed by atoms with Crippen LogP contribution < -0.4 is 43.0 Å².